The summed E-state index contributed by atoms with van der Waals surface area (Å²) in [5, 5.41) is 8.49. The number of H-pyrrole nitrogens is 1. The van der Waals surface area contributed by atoms with Crippen LogP contribution in [0.5, 0.6) is 0 Å². The molecule has 1 amide bonds. The minimum absolute atomic E-state index is 0.00114. The quantitative estimate of drug-likeness (QED) is 0.278. The monoisotopic (exact) mass is 387 g/mol. The number of amides is 1. The normalized spacial score (nSPS) is 12.2. The molecule has 0 spiro atoms. The zero-order chi connectivity index (χ0) is 18.5. The smallest absolute Gasteiger partial charge is 0.233 e. The van der Waals surface area contributed by atoms with E-state index >= 15 is 0 Å². The summed E-state index contributed by atoms with van der Waals surface area (Å²) < 4.78 is 2.27. The van der Waals surface area contributed by atoms with E-state index in [9.17, 15) is 4.79 Å². The van der Waals surface area contributed by atoms with Crippen molar-refractivity contribution >= 4 is 40.9 Å². The van der Waals surface area contributed by atoms with Gasteiger partial charge in [-0.15, -0.1) is 0 Å². The molecule has 8 heteroatoms. The van der Waals surface area contributed by atoms with Crippen LogP contribution in [0.25, 0.3) is 16.7 Å². The predicted octanol–water partition coefficient (Wildman–Crippen LogP) is 3.87. The van der Waals surface area contributed by atoms with Crippen molar-refractivity contribution in [1.29, 1.82) is 0 Å². The van der Waals surface area contributed by atoms with E-state index < -0.39 is 0 Å². The second kappa shape index (κ2) is 8.46. The van der Waals surface area contributed by atoms with Crippen molar-refractivity contribution in [1.82, 2.24) is 25.1 Å². The molecular formula is C18H21N5OS2. The minimum atomic E-state index is -0.268. The molecule has 0 saturated heterocycles. The molecule has 26 heavy (non-hydrogen) atoms. The van der Waals surface area contributed by atoms with Gasteiger partial charge in [-0.25, -0.2) is 9.67 Å². The van der Waals surface area contributed by atoms with Gasteiger partial charge < -0.3 is 10.3 Å². The Kier molecular flexibility index (Phi) is 6.05. The van der Waals surface area contributed by atoms with Crippen LogP contribution < -0.4 is 5.32 Å². The topological polar surface area (TPSA) is 75.6 Å². The molecule has 0 aliphatic heterocycles. The van der Waals surface area contributed by atoms with Crippen molar-refractivity contribution in [2.75, 3.05) is 6.54 Å². The summed E-state index contributed by atoms with van der Waals surface area (Å²) in [6.07, 6.45) is 3.74. The molecule has 2 N–H and O–H groups in total. The Morgan fingerprint density at radius 3 is 2.88 bits per heavy atom. The maximum atomic E-state index is 12.2. The second-order valence-corrected chi connectivity index (χ2v) is 7.62. The number of fused-ring (bicyclic) bond motifs is 1. The van der Waals surface area contributed by atoms with Crippen molar-refractivity contribution in [3.05, 3.63) is 41.2 Å². The second-order valence-electron chi connectivity index (χ2n) is 5.91. The highest BCUT2D eigenvalue weighted by molar-refractivity contribution is 8.00. The van der Waals surface area contributed by atoms with Crippen LogP contribution in [0.2, 0.25) is 0 Å². The maximum absolute atomic E-state index is 12.2. The summed E-state index contributed by atoms with van der Waals surface area (Å²) in [5.74, 6) is 0.00114. The number of aromatic amines is 1. The van der Waals surface area contributed by atoms with Gasteiger partial charge in [-0.3, -0.25) is 4.79 Å². The van der Waals surface area contributed by atoms with Crippen LogP contribution in [0.4, 0.5) is 0 Å². The number of nitrogens with one attached hydrogen (secondary N) is 2. The standard InChI is InChI=1S/C18H21N5OS2/c1-3-4-10-19-16(24)12(2)26-18-21-15-14(17(25)22-18)11-20-23(15)13-8-6-5-7-9-13/h5-9,11-12H,3-4,10H2,1-2H3,(H,19,24)(H,21,22,25). The molecule has 0 saturated carbocycles. The lowest BCUT2D eigenvalue weighted by atomic mass is 10.3. The molecule has 0 aliphatic carbocycles. The lowest BCUT2D eigenvalue weighted by Gasteiger charge is -2.11. The molecule has 3 rings (SSSR count). The van der Waals surface area contributed by atoms with E-state index in [0.717, 1.165) is 29.6 Å². The number of rotatable bonds is 7. The van der Waals surface area contributed by atoms with Crippen molar-refractivity contribution in [3.8, 4) is 5.69 Å². The Labute approximate surface area is 161 Å². The van der Waals surface area contributed by atoms with E-state index in [2.05, 4.69) is 27.3 Å². The third-order valence-electron chi connectivity index (χ3n) is 3.92. The highest BCUT2D eigenvalue weighted by Crippen LogP contribution is 2.24. The van der Waals surface area contributed by atoms with Gasteiger partial charge in [0, 0.05) is 6.54 Å². The first kappa shape index (κ1) is 18.6. The van der Waals surface area contributed by atoms with E-state index in [4.69, 9.17) is 12.2 Å². The number of benzene rings is 1. The van der Waals surface area contributed by atoms with Gasteiger partial charge >= 0.3 is 0 Å². The number of unbranched alkanes of at least 4 members (excludes halogenated alkanes) is 1. The Hall–Kier alpha value is -2.19. The molecule has 1 atom stereocenters. The van der Waals surface area contributed by atoms with Gasteiger partial charge in [0.05, 0.1) is 22.5 Å². The Morgan fingerprint density at radius 2 is 2.15 bits per heavy atom. The number of hydrogen-bond donors (Lipinski definition) is 2. The fourth-order valence-electron chi connectivity index (χ4n) is 2.48. The van der Waals surface area contributed by atoms with Crippen molar-refractivity contribution < 1.29 is 4.79 Å². The molecule has 0 radical (unpaired) electrons. The van der Waals surface area contributed by atoms with Gasteiger partial charge in [0.1, 0.15) is 10.3 Å². The van der Waals surface area contributed by atoms with Crippen LogP contribution in [-0.4, -0.2) is 37.5 Å². The van der Waals surface area contributed by atoms with Crippen LogP contribution in [0.1, 0.15) is 26.7 Å². The SMILES string of the molecule is CCCCNC(=O)C(C)Sc1nc(=S)c2cnn(-c3ccccc3)c2[nH]1. The fourth-order valence-corrected chi connectivity index (χ4v) is 3.60. The molecule has 136 valence electrons. The Bertz CT molecular complexity index is 951. The predicted molar refractivity (Wildman–Crippen MR) is 107 cm³/mol. The third-order valence-corrected chi connectivity index (χ3v) is 5.21. The lowest BCUT2D eigenvalue weighted by Crippen LogP contribution is -2.31. The van der Waals surface area contributed by atoms with Crippen LogP contribution in [0, 0.1) is 4.64 Å². The van der Waals surface area contributed by atoms with Gasteiger partial charge in [-0.1, -0.05) is 55.5 Å². The molecule has 0 bridgehead atoms. The number of thioether (sulfide) groups is 1. The molecule has 0 fully saturated rings. The zero-order valence-electron chi connectivity index (χ0n) is 14.7. The molecule has 1 aromatic carbocycles. The number of carbonyl (C=O) groups excluding carboxylic acids is 1. The van der Waals surface area contributed by atoms with Gasteiger partial charge in [0.15, 0.2) is 5.16 Å². The maximum Gasteiger partial charge on any atom is 0.233 e. The molecule has 2 heterocycles. The van der Waals surface area contributed by atoms with Gasteiger partial charge in [0.25, 0.3) is 0 Å². The number of hydrogen-bond acceptors (Lipinski definition) is 5. The fraction of sp³-hybridized carbons (Fsp3) is 0.333. The van der Waals surface area contributed by atoms with E-state index in [1.165, 1.54) is 11.8 Å². The van der Waals surface area contributed by atoms with Gasteiger partial charge in [-0.05, 0) is 25.5 Å². The van der Waals surface area contributed by atoms with Crippen LogP contribution in [0.15, 0.2) is 41.7 Å². The summed E-state index contributed by atoms with van der Waals surface area (Å²) in [6, 6.07) is 9.81. The summed E-state index contributed by atoms with van der Waals surface area (Å²) in [7, 11) is 0. The first-order valence-corrected chi connectivity index (χ1v) is 9.86. The minimum Gasteiger partial charge on any atom is -0.355 e. The van der Waals surface area contributed by atoms with E-state index in [1.807, 2.05) is 37.3 Å². The highest BCUT2D eigenvalue weighted by Gasteiger charge is 2.17. The number of aromatic nitrogens is 4. The van der Waals surface area contributed by atoms with Crippen LogP contribution in [0.3, 0.4) is 0 Å². The summed E-state index contributed by atoms with van der Waals surface area (Å²) in [5.41, 5.74) is 1.71. The summed E-state index contributed by atoms with van der Waals surface area (Å²) in [4.78, 5) is 19.9. The van der Waals surface area contributed by atoms with Crippen molar-refractivity contribution in [2.45, 2.75) is 37.1 Å². The molecule has 0 aliphatic rings. The molecular weight excluding hydrogens is 366 g/mol. The highest BCUT2D eigenvalue weighted by atomic mass is 32.2. The van der Waals surface area contributed by atoms with Gasteiger partial charge in [-0.2, -0.15) is 5.10 Å². The number of para-hydroxylation sites is 1. The number of nitrogens with zero attached hydrogens (tertiary/aromatic N) is 3. The Balaban J connectivity index is 1.86. The average molecular weight is 388 g/mol. The van der Waals surface area contributed by atoms with Crippen molar-refractivity contribution in [2.24, 2.45) is 0 Å². The first-order chi connectivity index (χ1) is 12.6. The third kappa shape index (κ3) is 4.13. The summed E-state index contributed by atoms with van der Waals surface area (Å²) in [6.45, 7) is 4.66. The van der Waals surface area contributed by atoms with Crippen LogP contribution >= 0.6 is 24.0 Å². The molecule has 6 nitrogen and oxygen atoms in total. The first-order valence-electron chi connectivity index (χ1n) is 8.58. The largest absolute Gasteiger partial charge is 0.355 e. The molecule has 2 aromatic heterocycles. The average Bonchev–Trinajstić information content (AvgIpc) is 3.07. The van der Waals surface area contributed by atoms with Gasteiger partial charge in [0.2, 0.25) is 5.91 Å². The molecule has 3 aromatic rings. The molecule has 1 unspecified atom stereocenters. The van der Waals surface area contributed by atoms with Crippen LogP contribution in [-0.2, 0) is 4.79 Å². The van der Waals surface area contributed by atoms with E-state index in [0.29, 0.717) is 16.3 Å². The van der Waals surface area contributed by atoms with E-state index in [-0.39, 0.29) is 11.2 Å². The Morgan fingerprint density at radius 1 is 1.38 bits per heavy atom. The number of carbonyl (C=O) groups is 1. The zero-order valence-corrected chi connectivity index (χ0v) is 16.4. The lowest BCUT2D eigenvalue weighted by molar-refractivity contribution is -0.120. The van der Waals surface area contributed by atoms with Crippen molar-refractivity contribution in [3.63, 3.8) is 0 Å². The summed E-state index contributed by atoms with van der Waals surface area (Å²) >= 11 is 6.77. The van der Waals surface area contributed by atoms with E-state index in [1.54, 1.807) is 10.9 Å².